The Morgan fingerprint density at radius 1 is 1.47 bits per heavy atom. The van der Waals surface area contributed by atoms with Gasteiger partial charge >= 0.3 is 0 Å². The van der Waals surface area contributed by atoms with E-state index in [4.69, 9.17) is 5.73 Å². The number of carbonyl (C=O) groups excluding carboxylic acids is 1. The molecule has 1 atom stereocenters. The van der Waals surface area contributed by atoms with E-state index >= 15 is 0 Å². The van der Waals surface area contributed by atoms with Crippen molar-refractivity contribution in [3.63, 3.8) is 0 Å². The molecule has 5 heteroatoms. The highest BCUT2D eigenvalue weighted by Crippen LogP contribution is 2.28. The maximum Gasteiger partial charge on any atom is 0.220 e. The summed E-state index contributed by atoms with van der Waals surface area (Å²) < 4.78 is 1.02. The van der Waals surface area contributed by atoms with Crippen LogP contribution in [0.1, 0.15) is 26.7 Å². The zero-order valence-electron chi connectivity index (χ0n) is 11.4. The van der Waals surface area contributed by atoms with Crippen molar-refractivity contribution in [1.82, 2.24) is 4.90 Å². The van der Waals surface area contributed by atoms with Gasteiger partial charge in [-0.15, -0.1) is 0 Å². The van der Waals surface area contributed by atoms with Gasteiger partial charge in [0.1, 0.15) is 5.82 Å². The molecule has 2 aliphatic rings. The second-order valence-corrected chi connectivity index (χ2v) is 6.18. The van der Waals surface area contributed by atoms with Crippen molar-refractivity contribution in [2.45, 2.75) is 26.7 Å². The molecule has 0 aromatic heterocycles. The van der Waals surface area contributed by atoms with Gasteiger partial charge in [-0.3, -0.25) is 4.79 Å². The van der Waals surface area contributed by atoms with E-state index in [-0.39, 0.29) is 11.8 Å². The van der Waals surface area contributed by atoms with Crippen molar-refractivity contribution in [3.05, 3.63) is 22.0 Å². The standard InChI is InChI=1S/C14H20BrN3O/c1-9-7-12(15)8-17-14(10(9)2)18-5-3-11(4-6-18)13(16)19/h7-9,11H,3-6H2,1-2H3,(H2,16,19). The molecule has 2 heterocycles. The molecule has 4 nitrogen and oxygen atoms in total. The van der Waals surface area contributed by atoms with E-state index in [0.29, 0.717) is 5.92 Å². The summed E-state index contributed by atoms with van der Waals surface area (Å²) in [5.41, 5.74) is 6.64. The first-order chi connectivity index (χ1) is 8.99. The van der Waals surface area contributed by atoms with E-state index in [1.165, 1.54) is 5.57 Å². The minimum absolute atomic E-state index is 0.0224. The van der Waals surface area contributed by atoms with Crippen LogP contribution in [0.15, 0.2) is 26.9 Å². The summed E-state index contributed by atoms with van der Waals surface area (Å²) in [5.74, 6) is 1.25. The van der Waals surface area contributed by atoms with Gasteiger partial charge in [0.25, 0.3) is 0 Å². The van der Waals surface area contributed by atoms with Gasteiger partial charge < -0.3 is 10.6 Å². The molecule has 19 heavy (non-hydrogen) atoms. The molecule has 2 rings (SSSR count). The molecule has 1 saturated heterocycles. The van der Waals surface area contributed by atoms with Crippen molar-refractivity contribution in [3.8, 4) is 0 Å². The third kappa shape index (κ3) is 3.26. The number of hydrogen-bond acceptors (Lipinski definition) is 3. The van der Waals surface area contributed by atoms with E-state index in [9.17, 15) is 4.79 Å². The predicted octanol–water partition coefficient (Wildman–Crippen LogP) is 2.41. The number of allylic oxidation sites excluding steroid dienone is 3. The monoisotopic (exact) mass is 325 g/mol. The number of nitrogens with two attached hydrogens (primary N) is 1. The van der Waals surface area contributed by atoms with Gasteiger partial charge in [-0.05, 0) is 47.2 Å². The fourth-order valence-electron chi connectivity index (χ4n) is 2.54. The highest BCUT2D eigenvalue weighted by atomic mass is 79.9. The average Bonchev–Trinajstić information content (AvgIpc) is 2.50. The number of nitrogens with zero attached hydrogens (tertiary/aromatic N) is 2. The summed E-state index contributed by atoms with van der Waals surface area (Å²) in [6.07, 6.45) is 5.65. The largest absolute Gasteiger partial charge is 0.369 e. The topological polar surface area (TPSA) is 58.7 Å². The number of amides is 1. The number of piperidine rings is 1. The zero-order chi connectivity index (χ0) is 14.0. The second-order valence-electron chi connectivity index (χ2n) is 5.27. The molecular weight excluding hydrogens is 306 g/mol. The number of aliphatic imine (C=N–C) groups is 1. The first kappa shape index (κ1) is 14.3. The summed E-state index contributed by atoms with van der Waals surface area (Å²) in [4.78, 5) is 18.0. The van der Waals surface area contributed by atoms with Gasteiger partial charge in [0.15, 0.2) is 0 Å². The highest BCUT2D eigenvalue weighted by molar-refractivity contribution is 9.12. The molecule has 0 radical (unpaired) electrons. The van der Waals surface area contributed by atoms with Crippen LogP contribution in [0.4, 0.5) is 0 Å². The van der Waals surface area contributed by atoms with Crippen LogP contribution in [0.2, 0.25) is 0 Å². The van der Waals surface area contributed by atoms with E-state index < -0.39 is 0 Å². The Hall–Kier alpha value is -1.10. The van der Waals surface area contributed by atoms with Crippen LogP contribution in [-0.2, 0) is 4.79 Å². The Morgan fingerprint density at radius 3 is 2.68 bits per heavy atom. The average molecular weight is 326 g/mol. The van der Waals surface area contributed by atoms with Gasteiger partial charge in [0.05, 0.1) is 0 Å². The number of carbonyl (C=O) groups is 1. The fraction of sp³-hybridized carbons (Fsp3) is 0.571. The third-order valence-corrected chi connectivity index (χ3v) is 4.42. The molecule has 0 aliphatic carbocycles. The number of halogens is 1. The lowest BCUT2D eigenvalue weighted by Gasteiger charge is -2.33. The lowest BCUT2D eigenvalue weighted by molar-refractivity contribution is -0.123. The third-order valence-electron chi connectivity index (χ3n) is 3.95. The molecule has 0 aromatic rings. The Bertz CT molecular complexity index is 459. The molecule has 0 spiro atoms. The second kappa shape index (κ2) is 5.90. The number of primary amides is 1. The Kier molecular flexibility index (Phi) is 4.45. The van der Waals surface area contributed by atoms with Crippen molar-refractivity contribution < 1.29 is 4.79 Å². The molecule has 1 amide bonds. The summed E-state index contributed by atoms with van der Waals surface area (Å²) in [6, 6.07) is 0. The summed E-state index contributed by atoms with van der Waals surface area (Å²) in [7, 11) is 0. The lowest BCUT2D eigenvalue weighted by Crippen LogP contribution is -2.38. The molecule has 1 unspecified atom stereocenters. The Balaban J connectivity index is 2.13. The van der Waals surface area contributed by atoms with Crippen LogP contribution in [0.5, 0.6) is 0 Å². The van der Waals surface area contributed by atoms with Gasteiger partial charge in [-0.1, -0.05) is 13.0 Å². The number of likely N-dealkylation sites (tertiary alicyclic amines) is 1. The van der Waals surface area contributed by atoms with Crippen molar-refractivity contribution in [1.29, 1.82) is 0 Å². The molecule has 0 bridgehead atoms. The Morgan fingerprint density at radius 2 is 2.11 bits per heavy atom. The molecule has 0 saturated carbocycles. The van der Waals surface area contributed by atoms with Crippen molar-refractivity contribution in [2.24, 2.45) is 22.6 Å². The predicted molar refractivity (Wildman–Crippen MR) is 80.9 cm³/mol. The summed E-state index contributed by atoms with van der Waals surface area (Å²) >= 11 is 3.49. The molecule has 0 aromatic carbocycles. The quantitative estimate of drug-likeness (QED) is 0.847. The van der Waals surface area contributed by atoms with Gasteiger partial charge in [0, 0.05) is 29.7 Å². The van der Waals surface area contributed by atoms with Crippen LogP contribution in [0.3, 0.4) is 0 Å². The lowest BCUT2D eigenvalue weighted by atomic mass is 9.95. The van der Waals surface area contributed by atoms with Crippen molar-refractivity contribution >= 4 is 28.1 Å². The van der Waals surface area contributed by atoms with Gasteiger partial charge in [0.2, 0.25) is 5.91 Å². The van der Waals surface area contributed by atoms with Crippen LogP contribution in [-0.4, -0.2) is 30.1 Å². The summed E-state index contributed by atoms with van der Waals surface area (Å²) in [5, 5.41) is 0. The van der Waals surface area contributed by atoms with Crippen LogP contribution >= 0.6 is 15.9 Å². The minimum atomic E-state index is -0.174. The van der Waals surface area contributed by atoms with Crippen LogP contribution in [0, 0.1) is 11.8 Å². The fourth-order valence-corrected chi connectivity index (χ4v) is 3.04. The molecular formula is C14H20BrN3O. The molecule has 1 fully saturated rings. The van der Waals surface area contributed by atoms with E-state index in [2.05, 4.69) is 45.7 Å². The molecule has 2 N–H and O–H groups in total. The van der Waals surface area contributed by atoms with E-state index in [0.717, 1.165) is 36.2 Å². The SMILES string of the molecule is CC1=C(N2CCC(C(N)=O)CC2)N=CC(Br)=CC1C. The Labute approximate surface area is 122 Å². The van der Waals surface area contributed by atoms with Gasteiger partial charge in [-0.2, -0.15) is 0 Å². The van der Waals surface area contributed by atoms with Crippen LogP contribution < -0.4 is 5.73 Å². The van der Waals surface area contributed by atoms with Gasteiger partial charge in [-0.25, -0.2) is 4.99 Å². The number of hydrogen-bond donors (Lipinski definition) is 1. The smallest absolute Gasteiger partial charge is 0.220 e. The highest BCUT2D eigenvalue weighted by Gasteiger charge is 2.26. The number of rotatable bonds is 2. The molecule has 104 valence electrons. The molecule has 2 aliphatic heterocycles. The van der Waals surface area contributed by atoms with Crippen LogP contribution in [0.25, 0.3) is 0 Å². The maximum atomic E-state index is 11.2. The first-order valence-corrected chi connectivity index (χ1v) is 7.44. The normalized spacial score (nSPS) is 25.3. The zero-order valence-corrected chi connectivity index (χ0v) is 13.0. The minimum Gasteiger partial charge on any atom is -0.369 e. The van der Waals surface area contributed by atoms with E-state index in [1.54, 1.807) is 0 Å². The first-order valence-electron chi connectivity index (χ1n) is 6.65. The van der Waals surface area contributed by atoms with Crippen molar-refractivity contribution in [2.75, 3.05) is 13.1 Å². The summed E-state index contributed by atoms with van der Waals surface area (Å²) in [6.45, 7) is 5.99. The van der Waals surface area contributed by atoms with E-state index in [1.807, 2.05) is 6.21 Å². The maximum absolute atomic E-state index is 11.2.